The number of nitrogens with zero attached hydrogens (tertiary/aromatic N) is 1. The van der Waals surface area contributed by atoms with Crippen LogP contribution in [0.5, 0.6) is 0 Å². The second kappa shape index (κ2) is 6.28. The summed E-state index contributed by atoms with van der Waals surface area (Å²) in [6.45, 7) is 13.3. The lowest BCUT2D eigenvalue weighted by Gasteiger charge is -2.42. The predicted octanol–water partition coefficient (Wildman–Crippen LogP) is 3.73. The van der Waals surface area contributed by atoms with E-state index in [2.05, 4.69) is 51.7 Å². The molecule has 0 aliphatic carbocycles. The summed E-state index contributed by atoms with van der Waals surface area (Å²) < 4.78 is 0. The van der Waals surface area contributed by atoms with Crippen LogP contribution in [0.3, 0.4) is 0 Å². The van der Waals surface area contributed by atoms with E-state index in [1.54, 1.807) is 0 Å². The van der Waals surface area contributed by atoms with Crippen molar-refractivity contribution in [3.05, 3.63) is 34.4 Å². The summed E-state index contributed by atoms with van der Waals surface area (Å²) in [4.78, 5) is 2.63. The first-order valence-corrected chi connectivity index (χ1v) is 7.97. The lowest BCUT2D eigenvalue weighted by atomic mass is 9.87. The summed E-state index contributed by atoms with van der Waals surface area (Å²) >= 11 is 0. The van der Waals surface area contributed by atoms with Crippen LogP contribution in [-0.4, -0.2) is 24.0 Å². The lowest BCUT2D eigenvalue weighted by Crippen LogP contribution is -2.45. The van der Waals surface area contributed by atoms with Gasteiger partial charge in [-0.05, 0) is 69.7 Å². The van der Waals surface area contributed by atoms with Crippen LogP contribution in [0.1, 0.15) is 55.0 Å². The number of hydrogen-bond acceptors (Lipinski definition) is 2. The van der Waals surface area contributed by atoms with E-state index in [0.29, 0.717) is 18.6 Å². The average molecular weight is 274 g/mol. The molecular formula is C18H30N2. The molecule has 0 aromatic heterocycles. The maximum Gasteiger partial charge on any atom is 0.0478 e. The standard InChI is InChI=1S/C18H30N2/c1-12-6-7-20(16(5)10-12)17(11-19)18-14(3)8-13(2)9-15(18)4/h8-9,12,16-17H,6-7,10-11,19H2,1-5H3. The minimum absolute atomic E-state index is 0.373. The molecule has 1 fully saturated rings. The zero-order chi connectivity index (χ0) is 14.9. The van der Waals surface area contributed by atoms with Gasteiger partial charge in [0.25, 0.3) is 0 Å². The molecule has 1 saturated heterocycles. The van der Waals surface area contributed by atoms with Gasteiger partial charge in [0.15, 0.2) is 0 Å². The van der Waals surface area contributed by atoms with Gasteiger partial charge >= 0.3 is 0 Å². The Morgan fingerprint density at radius 2 is 1.80 bits per heavy atom. The molecule has 20 heavy (non-hydrogen) atoms. The number of likely N-dealkylation sites (tertiary alicyclic amines) is 1. The van der Waals surface area contributed by atoms with Gasteiger partial charge in [0.2, 0.25) is 0 Å². The molecule has 1 aromatic carbocycles. The van der Waals surface area contributed by atoms with Gasteiger partial charge < -0.3 is 5.73 Å². The van der Waals surface area contributed by atoms with Crippen LogP contribution in [0.15, 0.2) is 12.1 Å². The Labute approximate surface area is 124 Å². The van der Waals surface area contributed by atoms with E-state index in [1.165, 1.54) is 41.6 Å². The van der Waals surface area contributed by atoms with Gasteiger partial charge in [0, 0.05) is 18.6 Å². The minimum Gasteiger partial charge on any atom is -0.329 e. The summed E-state index contributed by atoms with van der Waals surface area (Å²) in [7, 11) is 0. The predicted molar refractivity (Wildman–Crippen MR) is 87.0 cm³/mol. The first kappa shape index (κ1) is 15.5. The zero-order valence-electron chi connectivity index (χ0n) is 13.7. The molecular weight excluding hydrogens is 244 g/mol. The highest BCUT2D eigenvalue weighted by atomic mass is 15.2. The Morgan fingerprint density at radius 3 is 2.30 bits per heavy atom. The van der Waals surface area contributed by atoms with E-state index in [-0.39, 0.29) is 0 Å². The second-order valence-corrected chi connectivity index (χ2v) is 6.78. The van der Waals surface area contributed by atoms with Gasteiger partial charge in [-0.2, -0.15) is 0 Å². The summed E-state index contributed by atoms with van der Waals surface area (Å²) in [5.41, 5.74) is 11.8. The Morgan fingerprint density at radius 1 is 1.20 bits per heavy atom. The quantitative estimate of drug-likeness (QED) is 0.910. The molecule has 0 amide bonds. The molecule has 3 unspecified atom stereocenters. The highest BCUT2D eigenvalue weighted by Crippen LogP contribution is 2.33. The Kier molecular flexibility index (Phi) is 4.87. The van der Waals surface area contributed by atoms with Crippen LogP contribution >= 0.6 is 0 Å². The molecule has 0 bridgehead atoms. The van der Waals surface area contributed by atoms with Gasteiger partial charge in [0.1, 0.15) is 0 Å². The topological polar surface area (TPSA) is 29.3 Å². The maximum absolute atomic E-state index is 6.17. The molecule has 1 heterocycles. The Bertz CT molecular complexity index is 443. The average Bonchev–Trinajstić information content (AvgIpc) is 2.34. The molecule has 1 aliphatic heterocycles. The molecule has 3 atom stereocenters. The number of aryl methyl sites for hydroxylation is 3. The molecule has 1 aliphatic rings. The van der Waals surface area contributed by atoms with Crippen molar-refractivity contribution < 1.29 is 0 Å². The first-order valence-electron chi connectivity index (χ1n) is 7.97. The molecule has 2 heteroatoms. The first-order chi connectivity index (χ1) is 9.43. The molecule has 2 nitrogen and oxygen atoms in total. The van der Waals surface area contributed by atoms with E-state index in [9.17, 15) is 0 Å². The van der Waals surface area contributed by atoms with Crippen LogP contribution in [0.2, 0.25) is 0 Å². The van der Waals surface area contributed by atoms with Crippen LogP contribution < -0.4 is 5.73 Å². The van der Waals surface area contributed by atoms with Gasteiger partial charge in [-0.15, -0.1) is 0 Å². The van der Waals surface area contributed by atoms with E-state index < -0.39 is 0 Å². The summed E-state index contributed by atoms with van der Waals surface area (Å²) in [5, 5.41) is 0. The number of benzene rings is 1. The molecule has 112 valence electrons. The minimum atomic E-state index is 0.373. The number of nitrogens with two attached hydrogens (primary N) is 1. The number of hydrogen-bond donors (Lipinski definition) is 1. The third-order valence-corrected chi connectivity index (χ3v) is 4.88. The lowest BCUT2D eigenvalue weighted by molar-refractivity contribution is 0.0842. The molecule has 0 radical (unpaired) electrons. The van der Waals surface area contributed by atoms with E-state index in [4.69, 9.17) is 5.73 Å². The van der Waals surface area contributed by atoms with Crippen LogP contribution in [0, 0.1) is 26.7 Å². The van der Waals surface area contributed by atoms with Crippen LogP contribution in [0.4, 0.5) is 0 Å². The number of rotatable bonds is 3. The van der Waals surface area contributed by atoms with Crippen LogP contribution in [0.25, 0.3) is 0 Å². The van der Waals surface area contributed by atoms with Crippen molar-refractivity contribution in [2.45, 2.75) is 59.5 Å². The fraction of sp³-hybridized carbons (Fsp3) is 0.667. The number of piperidine rings is 1. The van der Waals surface area contributed by atoms with Gasteiger partial charge in [-0.25, -0.2) is 0 Å². The normalized spacial score (nSPS) is 25.7. The van der Waals surface area contributed by atoms with E-state index in [0.717, 1.165) is 5.92 Å². The zero-order valence-corrected chi connectivity index (χ0v) is 13.7. The molecule has 1 aromatic rings. The van der Waals surface area contributed by atoms with Crippen molar-refractivity contribution in [3.63, 3.8) is 0 Å². The molecule has 0 saturated carbocycles. The molecule has 2 N–H and O–H groups in total. The van der Waals surface area contributed by atoms with Crippen molar-refractivity contribution in [2.24, 2.45) is 11.7 Å². The Balaban J connectivity index is 2.33. The van der Waals surface area contributed by atoms with Crippen molar-refractivity contribution >= 4 is 0 Å². The molecule has 2 rings (SSSR count). The smallest absolute Gasteiger partial charge is 0.0478 e. The third kappa shape index (κ3) is 3.07. The van der Waals surface area contributed by atoms with E-state index in [1.807, 2.05) is 0 Å². The van der Waals surface area contributed by atoms with Gasteiger partial charge in [-0.3, -0.25) is 4.90 Å². The van der Waals surface area contributed by atoms with Gasteiger partial charge in [-0.1, -0.05) is 24.6 Å². The van der Waals surface area contributed by atoms with E-state index >= 15 is 0 Å². The van der Waals surface area contributed by atoms with Crippen molar-refractivity contribution in [2.75, 3.05) is 13.1 Å². The molecule has 0 spiro atoms. The third-order valence-electron chi connectivity index (χ3n) is 4.88. The monoisotopic (exact) mass is 274 g/mol. The van der Waals surface area contributed by atoms with Crippen molar-refractivity contribution in [3.8, 4) is 0 Å². The summed E-state index contributed by atoms with van der Waals surface area (Å²) in [6.07, 6.45) is 2.59. The second-order valence-electron chi connectivity index (χ2n) is 6.78. The van der Waals surface area contributed by atoms with Crippen LogP contribution in [-0.2, 0) is 0 Å². The van der Waals surface area contributed by atoms with Crippen molar-refractivity contribution in [1.29, 1.82) is 0 Å². The summed E-state index contributed by atoms with van der Waals surface area (Å²) in [5.74, 6) is 0.847. The fourth-order valence-electron chi connectivity index (χ4n) is 4.02. The Hall–Kier alpha value is -0.860. The highest BCUT2D eigenvalue weighted by Gasteiger charge is 2.30. The van der Waals surface area contributed by atoms with Crippen molar-refractivity contribution in [1.82, 2.24) is 4.90 Å². The summed E-state index contributed by atoms with van der Waals surface area (Å²) in [6, 6.07) is 5.59. The maximum atomic E-state index is 6.17. The SMILES string of the molecule is Cc1cc(C)c(C(CN)N2CCC(C)CC2C)c(C)c1. The van der Waals surface area contributed by atoms with Gasteiger partial charge in [0.05, 0.1) is 0 Å². The highest BCUT2D eigenvalue weighted by molar-refractivity contribution is 5.40. The largest absolute Gasteiger partial charge is 0.329 e. The fourth-order valence-corrected chi connectivity index (χ4v) is 4.02.